The van der Waals surface area contributed by atoms with Crippen LogP contribution >= 0.6 is 0 Å². The first kappa shape index (κ1) is 17.1. The van der Waals surface area contributed by atoms with Gasteiger partial charge in [-0.15, -0.1) is 0 Å². The van der Waals surface area contributed by atoms with Crippen LogP contribution in [0.3, 0.4) is 0 Å². The van der Waals surface area contributed by atoms with Gasteiger partial charge in [0, 0.05) is 70.9 Å². The monoisotopic (exact) mass is 346 g/mol. The Morgan fingerprint density at radius 3 is 2.60 bits per heavy atom. The zero-order valence-corrected chi connectivity index (χ0v) is 15.0. The Kier molecular flexibility index (Phi) is 5.39. The number of piperazine rings is 1. The second-order valence-electron chi connectivity index (χ2n) is 7.56. The number of likely N-dealkylation sites (tertiary alicyclic amines) is 1. The molecule has 0 spiro atoms. The fourth-order valence-corrected chi connectivity index (χ4v) is 4.53. The average molecular weight is 346 g/mol. The van der Waals surface area contributed by atoms with Crippen molar-refractivity contribution in [1.82, 2.24) is 19.7 Å². The topological polar surface area (TPSA) is 51.8 Å². The van der Waals surface area contributed by atoms with Gasteiger partial charge >= 0.3 is 0 Å². The van der Waals surface area contributed by atoms with E-state index in [0.29, 0.717) is 11.9 Å². The van der Waals surface area contributed by atoms with Gasteiger partial charge in [0.25, 0.3) is 0 Å². The number of nitrogens with one attached hydrogen (secondary N) is 1. The third-order valence-corrected chi connectivity index (χ3v) is 5.99. The molecule has 1 aromatic heterocycles. The standard InChI is InChI=1S/C19H30N4O2/c24-19-18(2-1-7-23(19)17-4-12-25-13-5-17)22-10-8-21(9-11-22)15-16-3-6-20-14-16/h3,6,14,17-18,20H,1-2,4-5,7-13,15H2. The van der Waals surface area contributed by atoms with E-state index >= 15 is 0 Å². The van der Waals surface area contributed by atoms with Crippen LogP contribution < -0.4 is 0 Å². The molecule has 3 saturated heterocycles. The lowest BCUT2D eigenvalue weighted by molar-refractivity contribution is -0.145. The predicted molar refractivity (Wildman–Crippen MR) is 96.2 cm³/mol. The van der Waals surface area contributed by atoms with Gasteiger partial charge in [0.2, 0.25) is 5.91 Å². The molecule has 3 aliphatic heterocycles. The summed E-state index contributed by atoms with van der Waals surface area (Å²) in [5, 5.41) is 0. The maximum Gasteiger partial charge on any atom is 0.240 e. The molecule has 25 heavy (non-hydrogen) atoms. The van der Waals surface area contributed by atoms with Crippen LogP contribution in [0.15, 0.2) is 18.5 Å². The normalized spacial score (nSPS) is 27.8. The number of carbonyl (C=O) groups is 1. The molecule has 1 atom stereocenters. The van der Waals surface area contributed by atoms with Gasteiger partial charge in [-0.2, -0.15) is 0 Å². The van der Waals surface area contributed by atoms with E-state index in [9.17, 15) is 4.79 Å². The number of aromatic nitrogens is 1. The predicted octanol–water partition coefficient (Wildman–Crippen LogP) is 1.30. The molecule has 138 valence electrons. The minimum atomic E-state index is 0.103. The van der Waals surface area contributed by atoms with Crippen molar-refractivity contribution in [3.63, 3.8) is 0 Å². The summed E-state index contributed by atoms with van der Waals surface area (Å²) in [5.41, 5.74) is 1.34. The van der Waals surface area contributed by atoms with Gasteiger partial charge in [0.05, 0.1) is 6.04 Å². The number of aromatic amines is 1. The average Bonchev–Trinajstić information content (AvgIpc) is 3.17. The Hall–Kier alpha value is -1.37. The number of ether oxygens (including phenoxy) is 1. The van der Waals surface area contributed by atoms with E-state index in [0.717, 1.165) is 78.2 Å². The smallest absolute Gasteiger partial charge is 0.240 e. The number of H-pyrrole nitrogens is 1. The van der Waals surface area contributed by atoms with E-state index in [1.165, 1.54) is 5.56 Å². The first-order valence-electron chi connectivity index (χ1n) is 9.77. The highest BCUT2D eigenvalue weighted by atomic mass is 16.5. The fourth-order valence-electron chi connectivity index (χ4n) is 4.53. The van der Waals surface area contributed by atoms with Crippen LogP contribution in [0.5, 0.6) is 0 Å². The molecule has 1 aromatic rings. The molecule has 1 unspecified atom stereocenters. The third-order valence-electron chi connectivity index (χ3n) is 5.99. The van der Waals surface area contributed by atoms with Gasteiger partial charge in [-0.05, 0) is 37.3 Å². The lowest BCUT2D eigenvalue weighted by Crippen LogP contribution is -2.59. The molecule has 1 amide bonds. The number of hydrogen-bond donors (Lipinski definition) is 1. The van der Waals surface area contributed by atoms with Crippen molar-refractivity contribution < 1.29 is 9.53 Å². The summed E-state index contributed by atoms with van der Waals surface area (Å²) < 4.78 is 5.47. The van der Waals surface area contributed by atoms with Gasteiger partial charge in [0.15, 0.2) is 0 Å². The molecule has 0 aromatic carbocycles. The Bertz CT molecular complexity index is 548. The van der Waals surface area contributed by atoms with Crippen molar-refractivity contribution in [3.8, 4) is 0 Å². The molecule has 6 heteroatoms. The van der Waals surface area contributed by atoms with E-state index in [1.807, 2.05) is 6.20 Å². The number of carbonyl (C=O) groups excluding carboxylic acids is 1. The van der Waals surface area contributed by atoms with Crippen molar-refractivity contribution >= 4 is 5.91 Å². The Morgan fingerprint density at radius 1 is 1.08 bits per heavy atom. The molecule has 3 fully saturated rings. The second kappa shape index (κ2) is 7.89. The molecular formula is C19H30N4O2. The Labute approximate surface area is 150 Å². The van der Waals surface area contributed by atoms with E-state index in [1.54, 1.807) is 0 Å². The van der Waals surface area contributed by atoms with Crippen molar-refractivity contribution in [2.75, 3.05) is 45.9 Å². The number of rotatable bonds is 4. The van der Waals surface area contributed by atoms with Crippen LogP contribution in [0.1, 0.15) is 31.2 Å². The molecule has 1 N–H and O–H groups in total. The fraction of sp³-hybridized carbons (Fsp3) is 0.737. The molecule has 3 aliphatic rings. The first-order valence-corrected chi connectivity index (χ1v) is 9.77. The van der Waals surface area contributed by atoms with Gasteiger partial charge < -0.3 is 14.6 Å². The van der Waals surface area contributed by atoms with E-state index < -0.39 is 0 Å². The molecule has 0 saturated carbocycles. The highest BCUT2D eigenvalue weighted by Gasteiger charge is 2.37. The van der Waals surface area contributed by atoms with Gasteiger partial charge in [0.1, 0.15) is 0 Å². The summed E-state index contributed by atoms with van der Waals surface area (Å²) in [6.45, 7) is 7.65. The van der Waals surface area contributed by atoms with Gasteiger partial charge in [-0.3, -0.25) is 14.6 Å². The van der Waals surface area contributed by atoms with Crippen molar-refractivity contribution in [1.29, 1.82) is 0 Å². The lowest BCUT2D eigenvalue weighted by atomic mass is 9.97. The van der Waals surface area contributed by atoms with Crippen molar-refractivity contribution in [3.05, 3.63) is 24.0 Å². The zero-order valence-electron chi connectivity index (χ0n) is 15.0. The number of nitrogens with zero attached hydrogens (tertiary/aromatic N) is 3. The molecule has 4 rings (SSSR count). The maximum absolute atomic E-state index is 13.1. The van der Waals surface area contributed by atoms with E-state index in [-0.39, 0.29) is 6.04 Å². The Balaban J connectivity index is 1.31. The summed E-state index contributed by atoms with van der Waals surface area (Å²) in [4.78, 5) is 23.3. The quantitative estimate of drug-likeness (QED) is 0.893. The van der Waals surface area contributed by atoms with Crippen molar-refractivity contribution in [2.24, 2.45) is 0 Å². The van der Waals surface area contributed by atoms with Gasteiger partial charge in [-0.25, -0.2) is 0 Å². The minimum Gasteiger partial charge on any atom is -0.381 e. The summed E-state index contributed by atoms with van der Waals surface area (Å²) in [5.74, 6) is 0.372. The summed E-state index contributed by atoms with van der Waals surface area (Å²) in [6, 6.07) is 2.65. The summed E-state index contributed by atoms with van der Waals surface area (Å²) in [6.07, 6.45) is 8.22. The minimum absolute atomic E-state index is 0.103. The van der Waals surface area contributed by atoms with Gasteiger partial charge in [-0.1, -0.05) is 0 Å². The van der Waals surface area contributed by atoms with E-state index in [4.69, 9.17) is 4.74 Å². The highest BCUT2D eigenvalue weighted by Crippen LogP contribution is 2.24. The molecule has 0 bridgehead atoms. The van der Waals surface area contributed by atoms with Crippen LogP contribution in [0, 0.1) is 0 Å². The number of hydrogen-bond acceptors (Lipinski definition) is 4. The van der Waals surface area contributed by atoms with Crippen LogP contribution in [0.25, 0.3) is 0 Å². The second-order valence-corrected chi connectivity index (χ2v) is 7.56. The highest BCUT2D eigenvalue weighted by molar-refractivity contribution is 5.83. The SMILES string of the molecule is O=C1C(N2CCN(Cc3cc[nH]c3)CC2)CCCN1C1CCOCC1. The Morgan fingerprint density at radius 2 is 1.88 bits per heavy atom. The number of amides is 1. The summed E-state index contributed by atoms with van der Waals surface area (Å²) >= 11 is 0. The van der Waals surface area contributed by atoms with Crippen molar-refractivity contribution in [2.45, 2.75) is 44.3 Å². The first-order chi connectivity index (χ1) is 12.3. The molecule has 6 nitrogen and oxygen atoms in total. The third kappa shape index (κ3) is 3.91. The van der Waals surface area contributed by atoms with E-state index in [2.05, 4.69) is 31.9 Å². The lowest BCUT2D eigenvalue weighted by Gasteiger charge is -2.45. The molecule has 0 radical (unpaired) electrons. The number of piperidine rings is 1. The zero-order chi connectivity index (χ0) is 17.1. The molecule has 0 aliphatic carbocycles. The largest absolute Gasteiger partial charge is 0.381 e. The molecule has 4 heterocycles. The van der Waals surface area contributed by atoms with Crippen LogP contribution in [0.4, 0.5) is 0 Å². The van der Waals surface area contributed by atoms with Crippen LogP contribution in [0.2, 0.25) is 0 Å². The summed E-state index contributed by atoms with van der Waals surface area (Å²) in [7, 11) is 0. The maximum atomic E-state index is 13.1. The van der Waals surface area contributed by atoms with Crippen LogP contribution in [-0.2, 0) is 16.1 Å². The molecular weight excluding hydrogens is 316 g/mol. The van der Waals surface area contributed by atoms with Crippen LogP contribution in [-0.4, -0.2) is 83.6 Å².